The number of amides is 1. The number of H-pyrrole nitrogens is 1. The summed E-state index contributed by atoms with van der Waals surface area (Å²) in [5.74, 6) is 0.176. The Morgan fingerprint density at radius 1 is 1.26 bits per heavy atom. The highest BCUT2D eigenvalue weighted by molar-refractivity contribution is 5.90. The minimum atomic E-state index is -0.473. The molecule has 0 aliphatic heterocycles. The molecule has 8 heteroatoms. The largest absolute Gasteiger partial charge is 0.343 e. The first-order valence-electron chi connectivity index (χ1n) is 7.02. The van der Waals surface area contributed by atoms with Gasteiger partial charge in [-0.3, -0.25) is 9.78 Å². The third-order valence-electron chi connectivity index (χ3n) is 3.51. The quantitative estimate of drug-likeness (QED) is 0.727. The molecule has 118 valence electrons. The summed E-state index contributed by atoms with van der Waals surface area (Å²) in [6.07, 6.45) is 3.47. The lowest BCUT2D eigenvalue weighted by Gasteiger charge is -2.18. The van der Waals surface area contributed by atoms with Gasteiger partial charge in [0.1, 0.15) is 11.9 Å². The van der Waals surface area contributed by atoms with E-state index in [1.54, 1.807) is 12.4 Å². The van der Waals surface area contributed by atoms with Crippen LogP contribution in [0.2, 0.25) is 0 Å². The lowest BCUT2D eigenvalue weighted by Crippen LogP contribution is -2.32. The van der Waals surface area contributed by atoms with Gasteiger partial charge in [0, 0.05) is 26.5 Å². The highest BCUT2D eigenvalue weighted by Crippen LogP contribution is 2.20. The molecule has 1 amide bonds. The number of hydrogen-bond acceptors (Lipinski definition) is 4. The van der Waals surface area contributed by atoms with Crippen LogP contribution < -0.4 is 11.0 Å². The molecule has 1 unspecified atom stereocenters. The molecule has 2 N–H and O–H groups in total. The Morgan fingerprint density at radius 3 is 2.57 bits per heavy atom. The number of carbonyl (C=O) groups is 1. The van der Waals surface area contributed by atoms with Gasteiger partial charge in [0.25, 0.3) is 5.91 Å². The molecule has 0 saturated carbocycles. The van der Waals surface area contributed by atoms with Gasteiger partial charge in [0.2, 0.25) is 5.82 Å². The number of hydrogen-bond donors (Lipinski definition) is 2. The van der Waals surface area contributed by atoms with Crippen molar-refractivity contribution in [2.75, 3.05) is 0 Å². The minimum Gasteiger partial charge on any atom is -0.336 e. The van der Waals surface area contributed by atoms with Crippen molar-refractivity contribution in [2.45, 2.75) is 6.04 Å². The van der Waals surface area contributed by atoms with Crippen LogP contribution in [-0.4, -0.2) is 30.2 Å². The van der Waals surface area contributed by atoms with Crippen molar-refractivity contribution < 1.29 is 4.79 Å². The maximum Gasteiger partial charge on any atom is 0.343 e. The van der Waals surface area contributed by atoms with Gasteiger partial charge in [-0.05, 0) is 5.56 Å². The highest BCUT2D eigenvalue weighted by Gasteiger charge is 2.23. The van der Waals surface area contributed by atoms with Gasteiger partial charge >= 0.3 is 5.69 Å². The van der Waals surface area contributed by atoms with Gasteiger partial charge in [-0.2, -0.15) is 0 Å². The lowest BCUT2D eigenvalue weighted by molar-refractivity contribution is 0.0930. The molecule has 0 fully saturated rings. The first-order valence-corrected chi connectivity index (χ1v) is 7.02. The molecule has 0 saturated heterocycles. The summed E-state index contributed by atoms with van der Waals surface area (Å²) in [6, 6.07) is 9.04. The number of rotatable bonds is 4. The number of aromatic amines is 1. The van der Waals surface area contributed by atoms with Crippen LogP contribution in [0.1, 0.15) is 28.0 Å². The zero-order valence-corrected chi connectivity index (χ0v) is 12.7. The van der Waals surface area contributed by atoms with E-state index in [4.69, 9.17) is 0 Å². The van der Waals surface area contributed by atoms with Crippen molar-refractivity contribution >= 4 is 5.91 Å². The Kier molecular flexibility index (Phi) is 3.80. The Labute approximate surface area is 131 Å². The summed E-state index contributed by atoms with van der Waals surface area (Å²) in [7, 11) is 3.33. The summed E-state index contributed by atoms with van der Waals surface area (Å²) in [4.78, 5) is 30.6. The van der Waals surface area contributed by atoms with E-state index in [0.717, 1.165) is 10.2 Å². The van der Waals surface area contributed by atoms with Crippen LogP contribution in [0, 0.1) is 0 Å². The SMILES string of the molecule is Cn1ccnc1C(NC(=O)c1nn(C)c(=O)[nH]1)c1ccccc1. The van der Waals surface area contributed by atoms with Crippen molar-refractivity contribution in [3.05, 3.63) is 70.4 Å². The van der Waals surface area contributed by atoms with E-state index >= 15 is 0 Å². The molecular formula is C15H16N6O2. The number of imidazole rings is 1. The van der Waals surface area contributed by atoms with Crippen LogP contribution in [0.3, 0.4) is 0 Å². The zero-order chi connectivity index (χ0) is 16.4. The van der Waals surface area contributed by atoms with Crippen LogP contribution >= 0.6 is 0 Å². The Bertz CT molecular complexity index is 877. The molecule has 0 radical (unpaired) electrons. The van der Waals surface area contributed by atoms with E-state index in [-0.39, 0.29) is 5.82 Å². The van der Waals surface area contributed by atoms with Crippen LogP contribution in [0.4, 0.5) is 0 Å². The van der Waals surface area contributed by atoms with E-state index in [0.29, 0.717) is 5.82 Å². The molecular weight excluding hydrogens is 296 g/mol. The number of aryl methyl sites for hydroxylation is 2. The van der Waals surface area contributed by atoms with Crippen molar-refractivity contribution in [3.8, 4) is 0 Å². The number of carbonyl (C=O) groups excluding carboxylic acids is 1. The van der Waals surface area contributed by atoms with E-state index < -0.39 is 17.6 Å². The predicted molar refractivity (Wildman–Crippen MR) is 82.8 cm³/mol. The molecule has 0 aliphatic rings. The molecule has 1 atom stereocenters. The molecule has 0 bridgehead atoms. The van der Waals surface area contributed by atoms with Crippen LogP contribution in [0.15, 0.2) is 47.5 Å². The summed E-state index contributed by atoms with van der Waals surface area (Å²) < 4.78 is 2.91. The van der Waals surface area contributed by atoms with Crippen LogP contribution in [-0.2, 0) is 14.1 Å². The van der Waals surface area contributed by atoms with Gasteiger partial charge in [0.05, 0.1) is 0 Å². The second kappa shape index (κ2) is 5.91. The maximum atomic E-state index is 12.4. The second-order valence-electron chi connectivity index (χ2n) is 5.12. The number of nitrogens with zero attached hydrogens (tertiary/aromatic N) is 4. The van der Waals surface area contributed by atoms with Gasteiger partial charge in [-0.1, -0.05) is 30.3 Å². The lowest BCUT2D eigenvalue weighted by atomic mass is 10.1. The predicted octanol–water partition coefficient (Wildman–Crippen LogP) is 0.361. The Morgan fingerprint density at radius 2 is 2.00 bits per heavy atom. The molecule has 2 aromatic heterocycles. The number of nitrogens with one attached hydrogen (secondary N) is 2. The fraction of sp³-hybridized carbons (Fsp3) is 0.200. The fourth-order valence-corrected chi connectivity index (χ4v) is 2.30. The van der Waals surface area contributed by atoms with E-state index in [9.17, 15) is 9.59 Å². The van der Waals surface area contributed by atoms with Crippen molar-refractivity contribution in [2.24, 2.45) is 14.1 Å². The fourth-order valence-electron chi connectivity index (χ4n) is 2.30. The van der Waals surface area contributed by atoms with Gasteiger partial charge in [-0.25, -0.2) is 14.5 Å². The van der Waals surface area contributed by atoms with E-state index in [1.807, 2.05) is 41.9 Å². The van der Waals surface area contributed by atoms with Gasteiger partial charge in [0.15, 0.2) is 0 Å². The number of benzene rings is 1. The monoisotopic (exact) mass is 312 g/mol. The van der Waals surface area contributed by atoms with E-state index in [2.05, 4.69) is 20.4 Å². The van der Waals surface area contributed by atoms with Crippen LogP contribution in [0.25, 0.3) is 0 Å². The van der Waals surface area contributed by atoms with Crippen molar-refractivity contribution in [3.63, 3.8) is 0 Å². The Hall–Kier alpha value is -3.16. The van der Waals surface area contributed by atoms with Crippen molar-refractivity contribution in [1.29, 1.82) is 0 Å². The summed E-state index contributed by atoms with van der Waals surface area (Å²) in [5, 5.41) is 6.74. The smallest absolute Gasteiger partial charge is 0.336 e. The Balaban J connectivity index is 1.95. The topological polar surface area (TPSA) is 97.6 Å². The number of aromatic nitrogens is 5. The molecule has 23 heavy (non-hydrogen) atoms. The standard InChI is InChI=1S/C15H16N6O2/c1-20-9-8-16-13(20)11(10-6-4-3-5-7-10)17-14(22)12-18-15(23)21(2)19-12/h3-9,11H,1-2H3,(H,17,22)(H,18,19,23). The first kappa shape index (κ1) is 14.8. The van der Waals surface area contributed by atoms with Crippen molar-refractivity contribution in [1.82, 2.24) is 29.6 Å². The molecule has 8 nitrogen and oxygen atoms in total. The molecule has 1 aromatic carbocycles. The average Bonchev–Trinajstić information content (AvgIpc) is 3.12. The molecule has 3 aromatic rings. The average molecular weight is 312 g/mol. The minimum absolute atomic E-state index is 0.0346. The van der Waals surface area contributed by atoms with Gasteiger partial charge in [-0.15, -0.1) is 5.10 Å². The molecule has 3 rings (SSSR count). The molecule has 0 spiro atoms. The zero-order valence-electron chi connectivity index (χ0n) is 12.7. The molecule has 0 aliphatic carbocycles. The summed E-state index contributed by atoms with van der Waals surface area (Å²) >= 11 is 0. The van der Waals surface area contributed by atoms with Crippen LogP contribution in [0.5, 0.6) is 0 Å². The highest BCUT2D eigenvalue weighted by atomic mass is 16.2. The maximum absolute atomic E-state index is 12.4. The third-order valence-corrected chi connectivity index (χ3v) is 3.51. The molecule has 2 heterocycles. The second-order valence-corrected chi connectivity index (χ2v) is 5.12. The normalized spacial score (nSPS) is 12.1. The first-order chi connectivity index (χ1) is 11.1. The summed E-state index contributed by atoms with van der Waals surface area (Å²) in [5.41, 5.74) is 0.442. The van der Waals surface area contributed by atoms with Gasteiger partial charge < -0.3 is 9.88 Å². The van der Waals surface area contributed by atoms with E-state index in [1.165, 1.54) is 7.05 Å². The third kappa shape index (κ3) is 2.91. The summed E-state index contributed by atoms with van der Waals surface area (Å²) in [6.45, 7) is 0.